The van der Waals surface area contributed by atoms with Gasteiger partial charge in [0.15, 0.2) is 0 Å². The van der Waals surface area contributed by atoms with E-state index in [9.17, 15) is 0 Å². The van der Waals surface area contributed by atoms with Gasteiger partial charge in [-0.05, 0) is 0 Å². The molecule has 0 amide bonds. The molecule has 2 aromatic heterocycles. The van der Waals surface area contributed by atoms with E-state index in [1.54, 1.807) is 20.0 Å². The second kappa shape index (κ2) is 6.84. The van der Waals surface area contributed by atoms with Crippen molar-refractivity contribution in [1.29, 1.82) is 0 Å². The molecule has 0 aliphatic heterocycles. The Labute approximate surface area is 150 Å². The normalized spacial score (nSPS) is 12.5. The minimum atomic E-state index is -2.09. The fraction of sp³-hybridized carbons (Fsp3) is 0.500. The molecule has 0 radical (unpaired) electrons. The van der Waals surface area contributed by atoms with E-state index in [-0.39, 0.29) is 0 Å². The second-order valence-corrected chi connectivity index (χ2v) is 40.5. The predicted molar refractivity (Wildman–Crippen MR) is 107 cm³/mol. The van der Waals surface area contributed by atoms with Crippen molar-refractivity contribution in [3.8, 4) is 21.3 Å². The average Bonchev–Trinajstić information content (AvgIpc) is 3.00. The van der Waals surface area contributed by atoms with Gasteiger partial charge in [0, 0.05) is 0 Å². The van der Waals surface area contributed by atoms with Crippen molar-refractivity contribution in [3.63, 3.8) is 0 Å². The van der Waals surface area contributed by atoms with E-state index in [0.717, 1.165) is 11.5 Å². The van der Waals surface area contributed by atoms with Crippen LogP contribution in [0, 0.1) is 0 Å². The molecule has 0 aliphatic rings. The van der Waals surface area contributed by atoms with Crippen LogP contribution >= 0.6 is 22.7 Å². The summed E-state index contributed by atoms with van der Waals surface area (Å²) < 4.78 is 14.5. The quantitative estimate of drug-likeness (QED) is 0.507. The standard InChI is InChI=1S/C10H8O2S2.6CH3.2Sn/c1-11-7-3-5-13-9(7)10-8(12-2)4-6-14-10;;;;;;;;/h3-4H,1-2H3;6*1H3;;. The first-order valence-corrected chi connectivity index (χ1v) is 29.1. The van der Waals surface area contributed by atoms with Crippen molar-refractivity contribution in [2.75, 3.05) is 14.2 Å². The molecule has 0 N–H and O–H groups in total. The molecule has 2 aromatic rings. The molecular formula is C16H26O2S2Sn2. The molecule has 6 heteroatoms. The van der Waals surface area contributed by atoms with Crippen LogP contribution in [0.2, 0.25) is 29.6 Å². The van der Waals surface area contributed by atoms with E-state index in [2.05, 4.69) is 41.8 Å². The molecule has 0 aliphatic carbocycles. The first-order chi connectivity index (χ1) is 10.1. The molecule has 0 unspecified atom stereocenters. The van der Waals surface area contributed by atoms with E-state index in [1.807, 2.05) is 22.7 Å². The second-order valence-electron chi connectivity index (χ2n) is 7.52. The molecule has 22 heavy (non-hydrogen) atoms. The minimum absolute atomic E-state index is 1.02. The number of rotatable bonds is 5. The Morgan fingerprint density at radius 2 is 1.00 bits per heavy atom. The molecular weight excluding hydrogens is 526 g/mol. The first kappa shape index (κ1) is 18.9. The third-order valence-electron chi connectivity index (χ3n) is 3.52. The zero-order valence-corrected chi connectivity index (χ0v) is 22.1. The summed E-state index contributed by atoms with van der Waals surface area (Å²) in [6.07, 6.45) is 0. The first-order valence-electron chi connectivity index (χ1n) is 7.45. The van der Waals surface area contributed by atoms with Gasteiger partial charge in [0.05, 0.1) is 0 Å². The summed E-state index contributed by atoms with van der Waals surface area (Å²) in [5, 5.41) is 0. The van der Waals surface area contributed by atoms with Crippen LogP contribution in [-0.4, -0.2) is 51.0 Å². The molecule has 2 rings (SSSR count). The fourth-order valence-corrected chi connectivity index (χ4v) is 14.8. The third-order valence-corrected chi connectivity index (χ3v) is 24.8. The molecule has 0 fully saturated rings. The topological polar surface area (TPSA) is 18.5 Å². The Balaban J connectivity index is 2.61. The molecule has 2 nitrogen and oxygen atoms in total. The van der Waals surface area contributed by atoms with E-state index < -0.39 is 36.8 Å². The number of ether oxygens (including phenoxy) is 2. The van der Waals surface area contributed by atoms with Gasteiger partial charge in [-0.3, -0.25) is 0 Å². The summed E-state index contributed by atoms with van der Waals surface area (Å²) in [5.74, 6) is 2.03. The van der Waals surface area contributed by atoms with Crippen LogP contribution in [0.15, 0.2) is 12.1 Å². The maximum atomic E-state index is 5.68. The summed E-state index contributed by atoms with van der Waals surface area (Å²) in [6, 6.07) is 4.55. The van der Waals surface area contributed by atoms with Crippen LogP contribution in [0.4, 0.5) is 0 Å². The SMILES string of the molecule is COc1c[c]([Sn]([CH3])([CH3])[CH3])sc1-c1s[c]([Sn]([CH3])([CH3])[CH3])cc1OC. The van der Waals surface area contributed by atoms with Gasteiger partial charge in [-0.15, -0.1) is 0 Å². The van der Waals surface area contributed by atoms with Crippen molar-refractivity contribution in [1.82, 2.24) is 0 Å². The third kappa shape index (κ3) is 3.98. The molecule has 0 spiro atoms. The monoisotopic (exact) mass is 554 g/mol. The van der Waals surface area contributed by atoms with Crippen LogP contribution in [-0.2, 0) is 0 Å². The van der Waals surface area contributed by atoms with Crippen LogP contribution in [0.5, 0.6) is 11.5 Å². The molecule has 0 aromatic carbocycles. The van der Waals surface area contributed by atoms with E-state index in [0.29, 0.717) is 0 Å². The van der Waals surface area contributed by atoms with Crippen molar-refractivity contribution in [3.05, 3.63) is 12.1 Å². The molecule has 122 valence electrons. The maximum absolute atomic E-state index is 5.68. The van der Waals surface area contributed by atoms with Crippen molar-refractivity contribution < 1.29 is 9.47 Å². The van der Waals surface area contributed by atoms with Crippen molar-refractivity contribution in [2.24, 2.45) is 0 Å². The Morgan fingerprint density at radius 3 is 1.23 bits per heavy atom. The van der Waals surface area contributed by atoms with Gasteiger partial charge in [-0.25, -0.2) is 0 Å². The zero-order chi connectivity index (χ0) is 16.7. The average molecular weight is 552 g/mol. The summed E-state index contributed by atoms with van der Waals surface area (Å²) in [5.41, 5.74) is 0. The molecule has 0 saturated heterocycles. The summed E-state index contributed by atoms with van der Waals surface area (Å²) >= 11 is -0.332. The van der Waals surface area contributed by atoms with E-state index in [4.69, 9.17) is 9.47 Å². The summed E-state index contributed by atoms with van der Waals surface area (Å²) in [6.45, 7) is 0. The van der Waals surface area contributed by atoms with Gasteiger partial charge in [0.25, 0.3) is 0 Å². The summed E-state index contributed by atoms with van der Waals surface area (Å²) in [7, 11) is 3.55. The fourth-order valence-electron chi connectivity index (χ4n) is 2.11. The molecule has 0 saturated carbocycles. The number of methoxy groups -OCH3 is 2. The number of hydrogen-bond donors (Lipinski definition) is 0. The molecule has 0 atom stereocenters. The van der Waals surface area contributed by atoms with Crippen LogP contribution in [0.3, 0.4) is 0 Å². The van der Waals surface area contributed by atoms with Gasteiger partial charge in [0.2, 0.25) is 0 Å². The van der Waals surface area contributed by atoms with E-state index in [1.165, 1.54) is 9.75 Å². The van der Waals surface area contributed by atoms with Crippen molar-refractivity contribution in [2.45, 2.75) is 29.6 Å². The Bertz CT molecular complexity index is 602. The van der Waals surface area contributed by atoms with Crippen LogP contribution in [0.1, 0.15) is 0 Å². The predicted octanol–water partition coefficient (Wildman–Crippen LogP) is 4.58. The van der Waals surface area contributed by atoms with Gasteiger partial charge in [-0.2, -0.15) is 0 Å². The Hall–Kier alpha value is 0.597. The Morgan fingerprint density at radius 1 is 0.682 bits per heavy atom. The summed E-state index contributed by atoms with van der Waals surface area (Å²) in [4.78, 5) is 17.2. The molecule has 2 heterocycles. The Kier molecular flexibility index (Phi) is 5.89. The van der Waals surface area contributed by atoms with Gasteiger partial charge in [0.1, 0.15) is 0 Å². The van der Waals surface area contributed by atoms with Gasteiger partial charge in [-0.1, -0.05) is 0 Å². The van der Waals surface area contributed by atoms with Crippen LogP contribution < -0.4 is 15.3 Å². The number of thiophene rings is 2. The van der Waals surface area contributed by atoms with Crippen molar-refractivity contribution >= 4 is 65.2 Å². The van der Waals surface area contributed by atoms with Gasteiger partial charge >= 0.3 is 152 Å². The molecule has 0 bridgehead atoms. The van der Waals surface area contributed by atoms with Gasteiger partial charge < -0.3 is 0 Å². The number of hydrogen-bond acceptors (Lipinski definition) is 4. The zero-order valence-electron chi connectivity index (χ0n) is 14.8. The van der Waals surface area contributed by atoms with Crippen LogP contribution in [0.25, 0.3) is 9.75 Å². The van der Waals surface area contributed by atoms with E-state index >= 15 is 0 Å².